The zero-order valence-electron chi connectivity index (χ0n) is 8.89. The molecule has 5 heteroatoms. The van der Waals surface area contributed by atoms with E-state index in [2.05, 4.69) is 0 Å². The molecule has 0 saturated heterocycles. The molecule has 86 valence electrons. The van der Waals surface area contributed by atoms with Gasteiger partial charge in [0.05, 0.1) is 17.0 Å². The van der Waals surface area contributed by atoms with Crippen molar-refractivity contribution in [3.05, 3.63) is 29.3 Å². The molecule has 1 aromatic carbocycles. The zero-order chi connectivity index (χ0) is 12.6. The lowest BCUT2D eigenvalue weighted by Crippen LogP contribution is -2.16. The third-order valence-electron chi connectivity index (χ3n) is 2.28. The Kier molecular flexibility index (Phi) is 2.87. The largest absolute Gasteiger partial charge is 0.416 e. The minimum atomic E-state index is -4.45. The summed E-state index contributed by atoms with van der Waals surface area (Å²) in [5, 5.41) is 8.86. The number of nitriles is 1. The van der Waals surface area contributed by atoms with Gasteiger partial charge in [0.15, 0.2) is 0 Å². The lowest BCUT2D eigenvalue weighted by molar-refractivity contribution is -0.137. The van der Waals surface area contributed by atoms with Crippen LogP contribution in [0.2, 0.25) is 0 Å². The molecule has 0 spiro atoms. The monoisotopic (exact) mass is 228 g/mol. The number of nitrogens with two attached hydrogens (primary N) is 1. The highest BCUT2D eigenvalue weighted by Gasteiger charge is 2.32. The molecular formula is C11H11F3N2. The van der Waals surface area contributed by atoms with Gasteiger partial charge in [-0.2, -0.15) is 18.4 Å². The number of benzene rings is 1. The maximum atomic E-state index is 12.5. The van der Waals surface area contributed by atoms with Gasteiger partial charge in [0.1, 0.15) is 0 Å². The first-order valence-electron chi connectivity index (χ1n) is 4.56. The molecule has 0 heterocycles. The Morgan fingerprint density at radius 1 is 1.12 bits per heavy atom. The number of hydrogen-bond donors (Lipinski definition) is 1. The SMILES string of the molecule is CC(C)(C#N)c1cc(N)cc(C(F)(F)F)c1. The quantitative estimate of drug-likeness (QED) is 0.751. The second-order valence-corrected chi connectivity index (χ2v) is 4.08. The lowest BCUT2D eigenvalue weighted by Gasteiger charge is -2.18. The Balaban J connectivity index is 3.36. The molecule has 0 fully saturated rings. The molecule has 0 unspecified atom stereocenters. The van der Waals surface area contributed by atoms with Gasteiger partial charge in [0.25, 0.3) is 0 Å². The number of nitrogens with zero attached hydrogens (tertiary/aromatic N) is 1. The van der Waals surface area contributed by atoms with Crippen LogP contribution in [0.3, 0.4) is 0 Å². The summed E-state index contributed by atoms with van der Waals surface area (Å²) < 4.78 is 37.5. The van der Waals surface area contributed by atoms with Crippen LogP contribution in [0.5, 0.6) is 0 Å². The summed E-state index contributed by atoms with van der Waals surface area (Å²) in [6.07, 6.45) is -4.45. The first-order valence-corrected chi connectivity index (χ1v) is 4.56. The van der Waals surface area contributed by atoms with Crippen molar-refractivity contribution in [3.8, 4) is 6.07 Å². The van der Waals surface area contributed by atoms with E-state index in [-0.39, 0.29) is 11.3 Å². The summed E-state index contributed by atoms with van der Waals surface area (Å²) in [5.41, 5.74) is 3.85. The summed E-state index contributed by atoms with van der Waals surface area (Å²) in [6, 6.07) is 5.14. The first-order chi connectivity index (χ1) is 7.16. The third-order valence-corrected chi connectivity index (χ3v) is 2.28. The number of rotatable bonds is 1. The van der Waals surface area contributed by atoms with Crippen molar-refractivity contribution in [1.29, 1.82) is 5.26 Å². The summed E-state index contributed by atoms with van der Waals surface area (Å²) in [6.45, 7) is 3.09. The van der Waals surface area contributed by atoms with Crippen LogP contribution in [0.25, 0.3) is 0 Å². The van der Waals surface area contributed by atoms with Gasteiger partial charge in [0.2, 0.25) is 0 Å². The topological polar surface area (TPSA) is 49.8 Å². The molecule has 0 aliphatic rings. The molecule has 16 heavy (non-hydrogen) atoms. The summed E-state index contributed by atoms with van der Waals surface area (Å²) in [4.78, 5) is 0. The van der Waals surface area contributed by atoms with E-state index in [1.54, 1.807) is 13.8 Å². The summed E-state index contributed by atoms with van der Waals surface area (Å²) >= 11 is 0. The predicted octanol–water partition coefficient (Wildman–Crippen LogP) is 3.09. The van der Waals surface area contributed by atoms with Gasteiger partial charge in [-0.3, -0.25) is 0 Å². The van der Waals surface area contributed by atoms with Crippen molar-refractivity contribution in [2.24, 2.45) is 0 Å². The van der Waals surface area contributed by atoms with Gasteiger partial charge in [0, 0.05) is 5.69 Å². The minimum absolute atomic E-state index is 0.00755. The molecule has 2 N–H and O–H groups in total. The fourth-order valence-corrected chi connectivity index (χ4v) is 1.24. The molecule has 1 rings (SSSR count). The van der Waals surface area contributed by atoms with Crippen LogP contribution in [-0.2, 0) is 11.6 Å². The van der Waals surface area contributed by atoms with Crippen molar-refractivity contribution in [2.75, 3.05) is 5.73 Å². The second kappa shape index (κ2) is 3.71. The van der Waals surface area contributed by atoms with E-state index in [0.717, 1.165) is 12.1 Å². The van der Waals surface area contributed by atoms with E-state index in [1.165, 1.54) is 6.07 Å². The fraction of sp³-hybridized carbons (Fsp3) is 0.364. The highest BCUT2D eigenvalue weighted by atomic mass is 19.4. The van der Waals surface area contributed by atoms with Gasteiger partial charge in [-0.25, -0.2) is 0 Å². The van der Waals surface area contributed by atoms with Crippen molar-refractivity contribution in [2.45, 2.75) is 25.4 Å². The first kappa shape index (κ1) is 12.4. The minimum Gasteiger partial charge on any atom is -0.399 e. The van der Waals surface area contributed by atoms with Crippen LogP contribution < -0.4 is 5.73 Å². The summed E-state index contributed by atoms with van der Waals surface area (Å²) in [7, 11) is 0. The van der Waals surface area contributed by atoms with Crippen LogP contribution in [0.4, 0.5) is 18.9 Å². The molecule has 0 bridgehead atoms. The Hall–Kier alpha value is -1.70. The van der Waals surface area contributed by atoms with E-state index in [4.69, 9.17) is 11.0 Å². The number of nitrogen functional groups attached to an aromatic ring is 1. The molecule has 2 nitrogen and oxygen atoms in total. The van der Waals surface area contributed by atoms with E-state index in [9.17, 15) is 13.2 Å². The zero-order valence-corrected chi connectivity index (χ0v) is 8.89. The van der Waals surface area contributed by atoms with Crippen molar-refractivity contribution >= 4 is 5.69 Å². The van der Waals surface area contributed by atoms with E-state index < -0.39 is 17.2 Å². The number of anilines is 1. The van der Waals surface area contributed by atoms with Crippen molar-refractivity contribution in [3.63, 3.8) is 0 Å². The molecule has 0 atom stereocenters. The maximum Gasteiger partial charge on any atom is 0.416 e. The van der Waals surface area contributed by atoms with Crippen LogP contribution in [0.1, 0.15) is 25.0 Å². The molecule has 0 amide bonds. The van der Waals surface area contributed by atoms with E-state index in [1.807, 2.05) is 6.07 Å². The average Bonchev–Trinajstić information content (AvgIpc) is 2.15. The second-order valence-electron chi connectivity index (χ2n) is 4.08. The lowest BCUT2D eigenvalue weighted by atomic mass is 9.85. The Morgan fingerprint density at radius 2 is 1.62 bits per heavy atom. The molecule has 1 aromatic rings. The highest BCUT2D eigenvalue weighted by Crippen LogP contribution is 2.34. The van der Waals surface area contributed by atoms with Crippen LogP contribution in [0.15, 0.2) is 18.2 Å². The molecule has 0 aliphatic heterocycles. The average molecular weight is 228 g/mol. The molecule has 0 aliphatic carbocycles. The smallest absolute Gasteiger partial charge is 0.399 e. The van der Waals surface area contributed by atoms with Crippen LogP contribution >= 0.6 is 0 Å². The van der Waals surface area contributed by atoms with E-state index in [0.29, 0.717) is 0 Å². The van der Waals surface area contributed by atoms with Crippen molar-refractivity contribution in [1.82, 2.24) is 0 Å². The van der Waals surface area contributed by atoms with Gasteiger partial charge in [-0.15, -0.1) is 0 Å². The Labute approximate surface area is 91.5 Å². The van der Waals surface area contributed by atoms with Crippen LogP contribution in [0, 0.1) is 11.3 Å². The van der Waals surface area contributed by atoms with Crippen molar-refractivity contribution < 1.29 is 13.2 Å². The normalized spacial score (nSPS) is 12.2. The number of alkyl halides is 3. The van der Waals surface area contributed by atoms with Gasteiger partial charge < -0.3 is 5.73 Å². The molecular weight excluding hydrogens is 217 g/mol. The Bertz CT molecular complexity index is 442. The summed E-state index contributed by atoms with van der Waals surface area (Å²) in [5.74, 6) is 0. The third kappa shape index (κ3) is 2.45. The van der Waals surface area contributed by atoms with Crippen LogP contribution in [-0.4, -0.2) is 0 Å². The molecule has 0 radical (unpaired) electrons. The molecule has 0 saturated carbocycles. The van der Waals surface area contributed by atoms with E-state index >= 15 is 0 Å². The van der Waals surface area contributed by atoms with Gasteiger partial charge >= 0.3 is 6.18 Å². The standard InChI is InChI=1S/C11H11F3N2/c1-10(2,6-15)7-3-8(11(12,13)14)5-9(16)4-7/h3-5H,16H2,1-2H3. The maximum absolute atomic E-state index is 12.5. The predicted molar refractivity (Wildman–Crippen MR) is 54.5 cm³/mol. The fourth-order valence-electron chi connectivity index (χ4n) is 1.24. The molecule has 0 aromatic heterocycles. The Morgan fingerprint density at radius 3 is 2.06 bits per heavy atom. The number of halogens is 3. The van der Waals surface area contributed by atoms with Gasteiger partial charge in [-0.05, 0) is 37.6 Å². The number of hydrogen-bond acceptors (Lipinski definition) is 2. The van der Waals surface area contributed by atoms with Gasteiger partial charge in [-0.1, -0.05) is 0 Å². The highest BCUT2D eigenvalue weighted by molar-refractivity contribution is 5.49.